The molecule has 21 heavy (non-hydrogen) atoms. The standard InChI is InChI=1S/C16H21N3O2/c1-11(2)15-17-10-14(18(15)5)16(3,4)12-6-8-13(9-7-12)19(20)21/h6-11H,1-5H3. The van der Waals surface area contributed by atoms with Gasteiger partial charge in [0.15, 0.2) is 0 Å². The topological polar surface area (TPSA) is 61.0 Å². The highest BCUT2D eigenvalue weighted by atomic mass is 16.6. The molecule has 1 heterocycles. The summed E-state index contributed by atoms with van der Waals surface area (Å²) in [6.07, 6.45) is 1.90. The second-order valence-corrected chi connectivity index (χ2v) is 6.14. The Balaban J connectivity index is 2.44. The van der Waals surface area contributed by atoms with Crippen LogP contribution in [0.4, 0.5) is 5.69 Å². The van der Waals surface area contributed by atoms with Crippen molar-refractivity contribution in [3.63, 3.8) is 0 Å². The molecule has 5 heteroatoms. The lowest BCUT2D eigenvalue weighted by Crippen LogP contribution is -2.23. The molecular weight excluding hydrogens is 266 g/mol. The minimum atomic E-state index is -0.377. The van der Waals surface area contributed by atoms with Crippen LogP contribution in [0.2, 0.25) is 0 Å². The molecule has 5 nitrogen and oxygen atoms in total. The van der Waals surface area contributed by atoms with E-state index in [1.54, 1.807) is 12.1 Å². The molecule has 0 N–H and O–H groups in total. The predicted octanol–water partition coefficient (Wildman–Crippen LogP) is 3.78. The van der Waals surface area contributed by atoms with Gasteiger partial charge in [-0.3, -0.25) is 10.1 Å². The molecule has 0 aliphatic carbocycles. The third-order valence-corrected chi connectivity index (χ3v) is 3.98. The first-order valence-electron chi connectivity index (χ1n) is 7.02. The minimum absolute atomic E-state index is 0.113. The second-order valence-electron chi connectivity index (χ2n) is 6.14. The summed E-state index contributed by atoms with van der Waals surface area (Å²) in [7, 11) is 2.02. The van der Waals surface area contributed by atoms with Crippen LogP contribution < -0.4 is 0 Å². The molecule has 0 aliphatic rings. The van der Waals surface area contributed by atoms with E-state index in [9.17, 15) is 10.1 Å². The Labute approximate surface area is 124 Å². The van der Waals surface area contributed by atoms with Gasteiger partial charge < -0.3 is 4.57 Å². The van der Waals surface area contributed by atoms with Crippen LogP contribution in [0.5, 0.6) is 0 Å². The molecule has 0 unspecified atom stereocenters. The van der Waals surface area contributed by atoms with Crippen molar-refractivity contribution in [2.75, 3.05) is 0 Å². The number of rotatable bonds is 4. The first-order chi connectivity index (χ1) is 9.75. The van der Waals surface area contributed by atoms with Crippen molar-refractivity contribution in [2.45, 2.75) is 39.0 Å². The van der Waals surface area contributed by atoms with Gasteiger partial charge in [-0.25, -0.2) is 4.98 Å². The number of nitro benzene ring substituents is 1. The van der Waals surface area contributed by atoms with Crippen molar-refractivity contribution in [2.24, 2.45) is 7.05 Å². The van der Waals surface area contributed by atoms with Gasteiger partial charge >= 0.3 is 0 Å². The zero-order valence-electron chi connectivity index (χ0n) is 13.1. The van der Waals surface area contributed by atoms with Gasteiger partial charge in [-0.1, -0.05) is 39.8 Å². The molecule has 0 aliphatic heterocycles. The Morgan fingerprint density at radius 1 is 1.24 bits per heavy atom. The van der Waals surface area contributed by atoms with Gasteiger partial charge in [-0.15, -0.1) is 0 Å². The summed E-state index contributed by atoms with van der Waals surface area (Å²) >= 11 is 0. The number of non-ortho nitro benzene ring substituents is 1. The number of imidazole rings is 1. The summed E-state index contributed by atoms with van der Waals surface area (Å²) in [5.41, 5.74) is 1.98. The van der Waals surface area contributed by atoms with E-state index in [1.807, 2.05) is 25.4 Å². The highest BCUT2D eigenvalue weighted by molar-refractivity contribution is 5.40. The number of aromatic nitrogens is 2. The lowest BCUT2D eigenvalue weighted by Gasteiger charge is -2.26. The Bertz CT molecular complexity index is 655. The van der Waals surface area contributed by atoms with Gasteiger partial charge in [0.2, 0.25) is 0 Å². The van der Waals surface area contributed by atoms with E-state index >= 15 is 0 Å². The van der Waals surface area contributed by atoms with E-state index in [1.165, 1.54) is 0 Å². The van der Waals surface area contributed by atoms with Crippen molar-refractivity contribution >= 4 is 5.69 Å². The summed E-state index contributed by atoms with van der Waals surface area (Å²) in [5.74, 6) is 1.40. The van der Waals surface area contributed by atoms with Crippen molar-refractivity contribution in [1.82, 2.24) is 9.55 Å². The maximum atomic E-state index is 10.8. The number of nitrogens with zero attached hydrogens (tertiary/aromatic N) is 3. The fourth-order valence-electron chi connectivity index (χ4n) is 2.69. The fraction of sp³-hybridized carbons (Fsp3) is 0.438. The summed E-state index contributed by atoms with van der Waals surface area (Å²) in [6.45, 7) is 8.44. The second kappa shape index (κ2) is 5.31. The number of nitro groups is 1. The first kappa shape index (κ1) is 15.2. The third kappa shape index (κ3) is 2.68. The van der Waals surface area contributed by atoms with Crippen LogP contribution in [0.25, 0.3) is 0 Å². The van der Waals surface area contributed by atoms with Crippen molar-refractivity contribution < 1.29 is 4.92 Å². The Morgan fingerprint density at radius 2 is 1.81 bits per heavy atom. The van der Waals surface area contributed by atoms with E-state index in [2.05, 4.69) is 37.2 Å². The SMILES string of the molecule is CC(C)c1ncc(C(C)(C)c2ccc([N+](=O)[O-])cc2)n1C. The van der Waals surface area contributed by atoms with E-state index in [-0.39, 0.29) is 16.0 Å². The molecule has 0 amide bonds. The molecule has 0 fully saturated rings. The average molecular weight is 287 g/mol. The van der Waals surface area contributed by atoms with Crippen molar-refractivity contribution in [3.05, 3.63) is 57.7 Å². The molecule has 2 rings (SSSR count). The Kier molecular flexibility index (Phi) is 3.85. The van der Waals surface area contributed by atoms with Gasteiger partial charge in [0.1, 0.15) is 5.82 Å². The number of hydrogen-bond acceptors (Lipinski definition) is 3. The smallest absolute Gasteiger partial charge is 0.269 e. The fourth-order valence-corrected chi connectivity index (χ4v) is 2.69. The molecule has 1 aromatic heterocycles. The van der Waals surface area contributed by atoms with Crippen LogP contribution >= 0.6 is 0 Å². The van der Waals surface area contributed by atoms with Gasteiger partial charge in [-0.05, 0) is 5.56 Å². The molecule has 0 spiro atoms. The molecule has 0 saturated carbocycles. The molecule has 0 radical (unpaired) electrons. The molecule has 0 atom stereocenters. The third-order valence-electron chi connectivity index (χ3n) is 3.98. The van der Waals surface area contributed by atoms with Crippen LogP contribution in [0, 0.1) is 10.1 Å². The predicted molar refractivity (Wildman–Crippen MR) is 82.5 cm³/mol. The summed E-state index contributed by atoms with van der Waals surface area (Å²) in [5, 5.41) is 10.8. The van der Waals surface area contributed by atoms with E-state index in [0.29, 0.717) is 5.92 Å². The van der Waals surface area contributed by atoms with Crippen LogP contribution in [0.15, 0.2) is 30.5 Å². The molecule has 0 bridgehead atoms. The number of hydrogen-bond donors (Lipinski definition) is 0. The Hall–Kier alpha value is -2.17. The van der Waals surface area contributed by atoms with Crippen molar-refractivity contribution in [1.29, 1.82) is 0 Å². The van der Waals surface area contributed by atoms with Crippen LogP contribution in [-0.4, -0.2) is 14.5 Å². The normalized spacial score (nSPS) is 11.9. The monoisotopic (exact) mass is 287 g/mol. The maximum absolute atomic E-state index is 10.8. The zero-order valence-corrected chi connectivity index (χ0v) is 13.1. The van der Waals surface area contributed by atoms with Crippen LogP contribution in [0.1, 0.15) is 50.7 Å². The van der Waals surface area contributed by atoms with Gasteiger partial charge in [0.05, 0.1) is 4.92 Å². The van der Waals surface area contributed by atoms with Crippen molar-refractivity contribution in [3.8, 4) is 0 Å². The van der Waals surface area contributed by atoms with Crippen LogP contribution in [-0.2, 0) is 12.5 Å². The van der Waals surface area contributed by atoms with Gasteiger partial charge in [0.25, 0.3) is 5.69 Å². The Morgan fingerprint density at radius 3 is 2.24 bits per heavy atom. The average Bonchev–Trinajstić information content (AvgIpc) is 2.81. The lowest BCUT2D eigenvalue weighted by molar-refractivity contribution is -0.384. The zero-order chi connectivity index (χ0) is 15.8. The highest BCUT2D eigenvalue weighted by Crippen LogP contribution is 2.33. The molecule has 0 saturated heterocycles. The highest BCUT2D eigenvalue weighted by Gasteiger charge is 2.28. The number of benzene rings is 1. The maximum Gasteiger partial charge on any atom is 0.269 e. The molecule has 1 aromatic carbocycles. The lowest BCUT2D eigenvalue weighted by atomic mass is 9.81. The molecule has 2 aromatic rings. The van der Waals surface area contributed by atoms with E-state index in [4.69, 9.17) is 0 Å². The summed E-state index contributed by atoms with van der Waals surface area (Å²) < 4.78 is 2.12. The first-order valence-corrected chi connectivity index (χ1v) is 7.02. The minimum Gasteiger partial charge on any atom is -0.334 e. The quantitative estimate of drug-likeness (QED) is 0.635. The molecule has 112 valence electrons. The summed E-state index contributed by atoms with van der Waals surface area (Å²) in [4.78, 5) is 14.9. The molecular formula is C16H21N3O2. The largest absolute Gasteiger partial charge is 0.334 e. The summed E-state index contributed by atoms with van der Waals surface area (Å²) in [6, 6.07) is 6.74. The van der Waals surface area contributed by atoms with Gasteiger partial charge in [0, 0.05) is 42.4 Å². The van der Waals surface area contributed by atoms with Crippen LogP contribution in [0.3, 0.4) is 0 Å². The van der Waals surface area contributed by atoms with E-state index < -0.39 is 0 Å². The van der Waals surface area contributed by atoms with Gasteiger partial charge in [-0.2, -0.15) is 0 Å². The van der Waals surface area contributed by atoms with E-state index in [0.717, 1.165) is 17.1 Å².